The van der Waals surface area contributed by atoms with Crippen molar-refractivity contribution in [3.63, 3.8) is 0 Å². The molecular weight excluding hydrogens is 434 g/mol. The van der Waals surface area contributed by atoms with Crippen molar-refractivity contribution >= 4 is 45.8 Å². The number of carbonyl (C=O) groups is 3. The molecule has 3 amide bonds. The summed E-state index contributed by atoms with van der Waals surface area (Å²) in [5.41, 5.74) is 3.64. The maximum absolute atomic E-state index is 13.1. The van der Waals surface area contributed by atoms with Crippen molar-refractivity contribution in [1.82, 2.24) is 0 Å². The average Bonchev–Trinajstić information content (AvgIpc) is 3.25. The number of hydrogen-bond acceptors (Lipinski definition) is 5. The van der Waals surface area contributed by atoms with Crippen molar-refractivity contribution in [2.24, 2.45) is 0 Å². The predicted molar refractivity (Wildman–Crippen MR) is 128 cm³/mol. The number of fused-ring (bicyclic) bond motifs is 2. The van der Waals surface area contributed by atoms with Crippen LogP contribution in [0, 0.1) is 0 Å². The van der Waals surface area contributed by atoms with Crippen LogP contribution in [0.15, 0.2) is 77.4 Å². The number of benzene rings is 3. The third-order valence-corrected chi connectivity index (χ3v) is 5.65. The molecule has 0 atom stereocenters. The molecule has 0 saturated heterocycles. The lowest BCUT2D eigenvalue weighted by Gasteiger charge is -2.29. The van der Waals surface area contributed by atoms with Crippen LogP contribution in [0.25, 0.3) is 11.0 Å². The summed E-state index contributed by atoms with van der Waals surface area (Å²) in [7, 11) is 1.58. The Morgan fingerprint density at radius 3 is 2.68 bits per heavy atom. The molecule has 2 N–H and O–H groups in total. The number of carbonyl (C=O) groups excluding carboxylic acids is 3. The fourth-order valence-electron chi connectivity index (χ4n) is 3.97. The summed E-state index contributed by atoms with van der Waals surface area (Å²) in [6, 6.07) is 19.2. The lowest BCUT2D eigenvalue weighted by molar-refractivity contribution is -0.116. The monoisotopic (exact) mass is 455 g/mol. The summed E-state index contributed by atoms with van der Waals surface area (Å²) in [6.45, 7) is -0.0567. The van der Waals surface area contributed by atoms with Crippen molar-refractivity contribution in [3.05, 3.63) is 84.1 Å². The van der Waals surface area contributed by atoms with Gasteiger partial charge in [-0.25, -0.2) is 0 Å². The van der Waals surface area contributed by atoms with Crippen molar-refractivity contribution in [2.45, 2.75) is 6.42 Å². The van der Waals surface area contributed by atoms with E-state index in [4.69, 9.17) is 9.15 Å². The summed E-state index contributed by atoms with van der Waals surface area (Å²) in [5, 5.41) is 6.46. The lowest BCUT2D eigenvalue weighted by Crippen LogP contribution is -2.42. The van der Waals surface area contributed by atoms with Crippen LogP contribution in [0.1, 0.15) is 15.9 Å². The molecule has 0 radical (unpaired) electrons. The molecule has 0 saturated carbocycles. The largest absolute Gasteiger partial charge is 0.497 e. The molecular formula is C26H21N3O5. The highest BCUT2D eigenvalue weighted by Crippen LogP contribution is 2.30. The molecule has 34 heavy (non-hydrogen) atoms. The number of methoxy groups -OCH3 is 1. The van der Waals surface area contributed by atoms with E-state index in [9.17, 15) is 14.4 Å². The van der Waals surface area contributed by atoms with Gasteiger partial charge in [-0.3, -0.25) is 19.3 Å². The fourth-order valence-corrected chi connectivity index (χ4v) is 3.97. The van der Waals surface area contributed by atoms with Gasteiger partial charge in [0.15, 0.2) is 0 Å². The normalized spacial score (nSPS) is 12.7. The van der Waals surface area contributed by atoms with Gasteiger partial charge in [0, 0.05) is 28.3 Å². The van der Waals surface area contributed by atoms with Gasteiger partial charge in [-0.15, -0.1) is 0 Å². The number of anilines is 3. The topological polar surface area (TPSA) is 101 Å². The molecule has 1 aliphatic heterocycles. The SMILES string of the molecule is COc1ccc2c(CC(=O)Nc3ccc(C(=O)N4CC(=O)Nc5ccccc54)cc3)coc2c1. The first kappa shape index (κ1) is 21.3. The van der Waals surface area contributed by atoms with Crippen molar-refractivity contribution < 1.29 is 23.5 Å². The minimum absolute atomic E-state index is 0.0567. The van der Waals surface area contributed by atoms with Gasteiger partial charge in [0.1, 0.15) is 17.9 Å². The third-order valence-electron chi connectivity index (χ3n) is 5.65. The second kappa shape index (κ2) is 8.74. The van der Waals surface area contributed by atoms with Crippen LogP contribution >= 0.6 is 0 Å². The zero-order valence-electron chi connectivity index (χ0n) is 18.3. The second-order valence-corrected chi connectivity index (χ2v) is 7.88. The van der Waals surface area contributed by atoms with E-state index in [1.807, 2.05) is 18.2 Å². The molecule has 3 aromatic carbocycles. The van der Waals surface area contributed by atoms with Gasteiger partial charge in [-0.2, -0.15) is 0 Å². The number of amides is 3. The van der Waals surface area contributed by atoms with E-state index in [2.05, 4.69) is 10.6 Å². The first-order valence-electron chi connectivity index (χ1n) is 10.7. The molecule has 170 valence electrons. The number of nitrogens with one attached hydrogen (secondary N) is 2. The lowest BCUT2D eigenvalue weighted by atomic mass is 10.1. The molecule has 8 nitrogen and oxygen atoms in total. The molecule has 1 aromatic heterocycles. The molecule has 4 aromatic rings. The van der Waals surface area contributed by atoms with Gasteiger partial charge in [0.05, 0.1) is 31.2 Å². The highest BCUT2D eigenvalue weighted by Gasteiger charge is 2.27. The maximum Gasteiger partial charge on any atom is 0.258 e. The predicted octanol–water partition coefficient (Wildman–Crippen LogP) is 4.22. The average molecular weight is 455 g/mol. The summed E-state index contributed by atoms with van der Waals surface area (Å²) < 4.78 is 10.7. The highest BCUT2D eigenvalue weighted by atomic mass is 16.5. The number of nitrogens with zero attached hydrogens (tertiary/aromatic N) is 1. The van der Waals surface area contributed by atoms with E-state index in [1.54, 1.807) is 61.9 Å². The molecule has 0 aliphatic carbocycles. The van der Waals surface area contributed by atoms with Crippen LogP contribution < -0.4 is 20.3 Å². The van der Waals surface area contributed by atoms with Gasteiger partial charge >= 0.3 is 0 Å². The summed E-state index contributed by atoms with van der Waals surface area (Å²) in [5.74, 6) is -0.0676. The van der Waals surface area contributed by atoms with E-state index in [0.717, 1.165) is 10.9 Å². The molecule has 8 heteroatoms. The van der Waals surface area contributed by atoms with Gasteiger partial charge in [-0.05, 0) is 48.5 Å². The maximum atomic E-state index is 13.1. The minimum Gasteiger partial charge on any atom is -0.497 e. The molecule has 0 unspecified atom stereocenters. The number of rotatable bonds is 5. The molecule has 2 heterocycles. The number of furan rings is 1. The fraction of sp³-hybridized carbons (Fsp3) is 0.115. The smallest absolute Gasteiger partial charge is 0.258 e. The summed E-state index contributed by atoms with van der Waals surface area (Å²) >= 11 is 0. The Bertz CT molecular complexity index is 1410. The first-order chi connectivity index (χ1) is 16.5. The van der Waals surface area contributed by atoms with E-state index in [1.165, 1.54) is 4.90 Å². The number of hydrogen-bond donors (Lipinski definition) is 2. The van der Waals surface area contributed by atoms with Crippen molar-refractivity contribution in [2.75, 3.05) is 29.2 Å². The van der Waals surface area contributed by atoms with Crippen molar-refractivity contribution in [1.29, 1.82) is 0 Å². The Balaban J connectivity index is 1.27. The van der Waals surface area contributed by atoms with Gasteiger partial charge < -0.3 is 19.8 Å². The van der Waals surface area contributed by atoms with Crippen LogP contribution in [0.3, 0.4) is 0 Å². The van der Waals surface area contributed by atoms with Crippen LogP contribution in [0.2, 0.25) is 0 Å². The van der Waals surface area contributed by atoms with E-state index >= 15 is 0 Å². The van der Waals surface area contributed by atoms with Crippen LogP contribution in [0.5, 0.6) is 5.75 Å². The molecule has 0 spiro atoms. The van der Waals surface area contributed by atoms with Crippen LogP contribution in [0.4, 0.5) is 17.1 Å². The van der Waals surface area contributed by atoms with Gasteiger partial charge in [-0.1, -0.05) is 12.1 Å². The van der Waals surface area contributed by atoms with Crippen molar-refractivity contribution in [3.8, 4) is 5.75 Å². The Kier molecular flexibility index (Phi) is 5.47. The van der Waals surface area contributed by atoms with E-state index in [0.29, 0.717) is 34.0 Å². The molecule has 0 bridgehead atoms. The zero-order valence-corrected chi connectivity index (χ0v) is 18.3. The molecule has 5 rings (SSSR count). The summed E-state index contributed by atoms with van der Waals surface area (Å²) in [4.78, 5) is 39.1. The number of ether oxygens (including phenoxy) is 1. The Labute approximate surface area is 195 Å². The minimum atomic E-state index is -0.291. The quantitative estimate of drug-likeness (QED) is 0.469. The van der Waals surface area contributed by atoms with Crippen LogP contribution in [-0.2, 0) is 16.0 Å². The summed E-state index contributed by atoms with van der Waals surface area (Å²) in [6.07, 6.45) is 1.71. The highest BCUT2D eigenvalue weighted by molar-refractivity contribution is 6.15. The zero-order chi connectivity index (χ0) is 23.7. The first-order valence-corrected chi connectivity index (χ1v) is 10.7. The van der Waals surface area contributed by atoms with E-state index in [-0.39, 0.29) is 30.7 Å². The van der Waals surface area contributed by atoms with Gasteiger partial charge in [0.25, 0.3) is 5.91 Å². The molecule has 0 fully saturated rings. The number of para-hydroxylation sites is 2. The second-order valence-electron chi connectivity index (χ2n) is 7.88. The molecule has 1 aliphatic rings. The standard InChI is InChI=1S/C26H21N3O5/c1-33-19-10-11-20-17(15-34-23(20)13-19)12-24(30)27-18-8-6-16(7-9-18)26(32)29-14-25(31)28-21-4-2-3-5-22(21)29/h2-11,13,15H,12,14H2,1H3,(H,27,30)(H,28,31). The Morgan fingerprint density at radius 2 is 1.88 bits per heavy atom. The van der Waals surface area contributed by atoms with Gasteiger partial charge in [0.2, 0.25) is 11.8 Å². The Morgan fingerprint density at radius 1 is 1.09 bits per heavy atom. The van der Waals surface area contributed by atoms with E-state index < -0.39 is 0 Å². The Hall–Kier alpha value is -4.59. The van der Waals surface area contributed by atoms with Crippen LogP contribution in [-0.4, -0.2) is 31.4 Å². The third kappa shape index (κ3) is 4.09.